The zero-order chi connectivity index (χ0) is 105. The second kappa shape index (κ2) is 48.0. The number of rotatable bonds is 23. The van der Waals surface area contributed by atoms with E-state index in [4.69, 9.17) is 25.5 Å². The highest BCUT2D eigenvalue weighted by Crippen LogP contribution is 2.37. The van der Waals surface area contributed by atoms with Crippen LogP contribution in [0.2, 0.25) is 0 Å². The fourth-order valence-corrected chi connectivity index (χ4v) is 23.5. The van der Waals surface area contributed by atoms with Gasteiger partial charge in [-0.3, -0.25) is 52.4 Å². The molecule has 0 radical (unpaired) electrons. The lowest BCUT2D eigenvalue weighted by Crippen LogP contribution is -2.36. The lowest BCUT2D eigenvalue weighted by molar-refractivity contribution is -0.133. The second-order valence-corrected chi connectivity index (χ2v) is 44.0. The SMILES string of the molecule is CCc1cccc(-c2cc(CC)n(CC(=O)N3CCc4nc(C)sc4CC3)n2)c1.CCc1cccc(-c2cc(CC)n(CC(=O)N3Cc4nc(C)sc4C3)n2)c1.Cc1cc(-c2cc(-c3ccccc3)n(CC(=O)N3CCc4cccnc4CC3)n2)ccc1F.Cc1cc(-c2cc(-c3ccccc3)n(CC(=O)N3CCc4ccsc4CC3)n2)ccc1F.Cc1nc2c(s1)CN(C(=O)Cn1nc(-c3ccc(F)c(C)c3)cc1CC(C)C)C2. The molecule has 0 spiro atoms. The molecule has 0 aliphatic carbocycles. The van der Waals surface area contributed by atoms with E-state index in [2.05, 4.69) is 147 Å². The van der Waals surface area contributed by atoms with Gasteiger partial charge in [-0.15, -0.1) is 45.3 Å². The largest absolute Gasteiger partial charge is 0.340 e. The van der Waals surface area contributed by atoms with Crippen molar-refractivity contribution in [1.29, 1.82) is 0 Å². The van der Waals surface area contributed by atoms with Crippen LogP contribution in [0.25, 0.3) is 78.8 Å². The Labute approximate surface area is 890 Å². The van der Waals surface area contributed by atoms with E-state index in [9.17, 15) is 37.1 Å². The summed E-state index contributed by atoms with van der Waals surface area (Å²) in [5.74, 6) is 0.128. The smallest absolute Gasteiger partial charge is 0.244 e. The Bertz CT molecular complexity index is 7590. The number of aromatic nitrogens is 14. The summed E-state index contributed by atoms with van der Waals surface area (Å²) in [5.41, 5.74) is 27.0. The molecule has 0 unspecified atom stereocenters. The van der Waals surface area contributed by atoms with E-state index in [-0.39, 0.29) is 73.2 Å². The number of thiazole rings is 3. The lowest BCUT2D eigenvalue weighted by Gasteiger charge is -2.21. The summed E-state index contributed by atoms with van der Waals surface area (Å²) in [4.78, 5) is 98.1. The van der Waals surface area contributed by atoms with Gasteiger partial charge < -0.3 is 24.5 Å². The number of thiophene rings is 1. The van der Waals surface area contributed by atoms with Crippen LogP contribution in [0.5, 0.6) is 0 Å². The third-order valence-corrected chi connectivity index (χ3v) is 32.1. The first kappa shape index (κ1) is 105. The number of fused-ring (bicyclic) bond motifs is 5. The molecular formula is C119H126F3N19O5S4. The first-order chi connectivity index (χ1) is 72.6. The van der Waals surface area contributed by atoms with Gasteiger partial charge in [-0.25, -0.2) is 28.1 Å². The highest BCUT2D eigenvalue weighted by Gasteiger charge is 2.33. The van der Waals surface area contributed by atoms with E-state index in [0.717, 1.165) is 225 Å². The number of hydrogen-bond acceptors (Lipinski definition) is 18. The summed E-state index contributed by atoms with van der Waals surface area (Å²) in [6, 6.07) is 68.2. The molecule has 0 atom stereocenters. The minimum Gasteiger partial charge on any atom is -0.340 e. The van der Waals surface area contributed by atoms with Crippen LogP contribution in [0.3, 0.4) is 0 Å². The fourth-order valence-electron chi connectivity index (χ4n) is 19.7. The predicted octanol–water partition coefficient (Wildman–Crippen LogP) is 22.6. The molecule has 772 valence electrons. The van der Waals surface area contributed by atoms with Gasteiger partial charge in [-0.1, -0.05) is 145 Å². The average molecular weight is 2090 g/mol. The van der Waals surface area contributed by atoms with Crippen molar-refractivity contribution in [2.45, 2.75) is 213 Å². The number of benzene rings is 7. The first-order valence-corrected chi connectivity index (χ1v) is 55.1. The summed E-state index contributed by atoms with van der Waals surface area (Å²) < 4.78 is 50.3. The number of nitrogens with zero attached hydrogens (tertiary/aromatic N) is 19. The first-order valence-electron chi connectivity index (χ1n) is 51.8. The highest BCUT2D eigenvalue weighted by atomic mass is 32.1. The Kier molecular flexibility index (Phi) is 33.7. The third kappa shape index (κ3) is 25.4. The number of pyridine rings is 1. The quantitative estimate of drug-likeness (QED) is 0.0578. The van der Waals surface area contributed by atoms with Crippen molar-refractivity contribution in [3.8, 4) is 78.8 Å². The van der Waals surface area contributed by atoms with Crippen molar-refractivity contribution in [2.75, 3.05) is 39.3 Å². The summed E-state index contributed by atoms with van der Waals surface area (Å²) in [6.07, 6.45) is 11.5. The number of carbonyl (C=O) groups is 5. The van der Waals surface area contributed by atoms with Gasteiger partial charge in [0.25, 0.3) is 0 Å². The lowest BCUT2D eigenvalue weighted by atomic mass is 10.1. The molecule has 0 N–H and O–H groups in total. The number of amides is 5. The Hall–Kier alpha value is -14.5. The molecular weight excluding hydrogens is 1960 g/mol. The molecule has 0 fully saturated rings. The number of halogens is 3. The van der Waals surface area contributed by atoms with Crippen LogP contribution in [0.15, 0.2) is 224 Å². The number of aryl methyl sites for hydroxylation is 10. The standard InChI is InChI=1S/C27H25FN4O.C26H24FN3OS.C23H28N4OS.C22H25FN4OS.C21H24N4OS/c1-19-16-22(9-10-23(19)28)25-17-26(21-6-3-2-4-7-21)32(30-25)18-27(33)31-14-11-20-8-5-13-29-24(20)12-15-31;1-18-15-21(7-8-22(18)27)23-16-24(19-5-3-2-4-6-19)30(28-23)17-26(31)29-12-9-20-11-14-32-25(20)10-13-29;1-4-17-7-6-8-18(13-17)21-14-19(5-2)27(25-21)15-23(28)26-11-9-20-22(10-12-26)29-16(3)24-20;1-13(2)7-17-9-19(16-5-6-18(23)14(3)8-16)25-27(17)12-22(28)26-10-20-21(11-26)29-15(4)24-20;1-4-15-7-6-8-16(9-15)18-10-17(5-2)25(23-18)13-21(26)24-11-19-20(12-24)27-14(3)22-19/h2-10,13,16-17H,11-12,14-15,18H2,1H3;2-8,11,14-16H,9-10,12-13,17H2,1H3;6-8,13-14H,4-5,9-12,15H2,1-3H3;5-6,8-9,13H,7,10-12H2,1-4H3;6-10H,4-5,11-13H2,1-3H3. The van der Waals surface area contributed by atoms with Crippen molar-refractivity contribution in [1.82, 2.24) is 93.3 Å². The zero-order valence-electron chi connectivity index (χ0n) is 87.1. The third-order valence-electron chi connectivity index (χ3n) is 28.0. The number of carbonyl (C=O) groups excluding carboxylic acids is 5. The van der Waals surface area contributed by atoms with E-state index in [0.29, 0.717) is 68.4 Å². The van der Waals surface area contributed by atoms with E-state index in [1.807, 2.05) is 139 Å². The normalized spacial score (nSPS) is 13.5. The molecule has 17 aromatic rings. The van der Waals surface area contributed by atoms with Gasteiger partial charge in [-0.2, -0.15) is 25.5 Å². The Morgan fingerprint density at radius 1 is 0.320 bits per heavy atom. The van der Waals surface area contributed by atoms with Crippen LogP contribution in [0, 0.1) is 64.9 Å². The van der Waals surface area contributed by atoms with Crippen molar-refractivity contribution in [3.05, 3.63) is 355 Å². The molecule has 24 nitrogen and oxygen atoms in total. The fraction of sp³-hybridized carbons (Fsp3) is 0.328. The van der Waals surface area contributed by atoms with Crippen molar-refractivity contribution < 1.29 is 37.1 Å². The molecule has 7 aromatic carbocycles. The van der Waals surface area contributed by atoms with E-state index in [1.165, 1.54) is 65.7 Å². The van der Waals surface area contributed by atoms with Crippen LogP contribution in [-0.4, -0.2) is 162 Å². The zero-order valence-corrected chi connectivity index (χ0v) is 90.4. The maximum absolute atomic E-state index is 13.8. The minimum absolute atomic E-state index is 0.0323. The van der Waals surface area contributed by atoms with E-state index < -0.39 is 0 Å². The Balaban J connectivity index is 0.000000123. The van der Waals surface area contributed by atoms with Gasteiger partial charge in [0.1, 0.15) is 50.2 Å². The maximum Gasteiger partial charge on any atom is 0.244 e. The Morgan fingerprint density at radius 3 is 1.12 bits per heavy atom. The van der Waals surface area contributed by atoms with Gasteiger partial charge in [0.15, 0.2) is 0 Å². The summed E-state index contributed by atoms with van der Waals surface area (Å²) in [7, 11) is 0. The van der Waals surface area contributed by atoms with Gasteiger partial charge in [0, 0.05) is 135 Å². The molecule has 150 heavy (non-hydrogen) atoms. The molecule has 5 amide bonds. The van der Waals surface area contributed by atoms with Gasteiger partial charge in [0.2, 0.25) is 29.5 Å². The minimum atomic E-state index is -0.242. The number of hydrogen-bond donors (Lipinski definition) is 0. The van der Waals surface area contributed by atoms with Crippen LogP contribution in [0.4, 0.5) is 13.2 Å². The molecule has 5 aliphatic heterocycles. The monoisotopic (exact) mass is 2090 g/mol. The molecule has 5 aliphatic rings. The van der Waals surface area contributed by atoms with Crippen LogP contribution < -0.4 is 0 Å². The van der Waals surface area contributed by atoms with E-state index in [1.54, 1.807) is 117 Å². The van der Waals surface area contributed by atoms with Crippen LogP contribution in [0.1, 0.15) is 155 Å². The Morgan fingerprint density at radius 2 is 0.687 bits per heavy atom. The molecule has 0 saturated carbocycles. The maximum atomic E-state index is 13.8. The topological polar surface area (TPSA) is 242 Å². The second-order valence-electron chi connectivity index (χ2n) is 39.1. The van der Waals surface area contributed by atoms with Crippen molar-refractivity contribution in [2.24, 2.45) is 5.92 Å². The molecule has 0 saturated heterocycles. The molecule has 10 aromatic heterocycles. The molecule has 0 bridgehead atoms. The van der Waals surface area contributed by atoms with Crippen molar-refractivity contribution in [3.63, 3.8) is 0 Å². The average Bonchev–Trinajstić information content (AvgIpc) is 1.66. The van der Waals surface area contributed by atoms with Crippen molar-refractivity contribution >= 4 is 74.9 Å². The predicted molar refractivity (Wildman–Crippen MR) is 589 cm³/mol. The van der Waals surface area contributed by atoms with Crippen LogP contribution >= 0.6 is 45.3 Å². The molecule has 22 rings (SSSR count). The van der Waals surface area contributed by atoms with Gasteiger partial charge in [-0.05, 0) is 263 Å². The van der Waals surface area contributed by atoms with Gasteiger partial charge in [0.05, 0.1) is 98.1 Å². The van der Waals surface area contributed by atoms with E-state index >= 15 is 0 Å². The summed E-state index contributed by atoms with van der Waals surface area (Å²) >= 11 is 6.89. The molecule has 15 heterocycles. The molecule has 31 heteroatoms. The highest BCUT2D eigenvalue weighted by molar-refractivity contribution is 7.12. The van der Waals surface area contributed by atoms with Gasteiger partial charge >= 0.3 is 0 Å². The summed E-state index contributed by atoms with van der Waals surface area (Å²) in [5, 5.41) is 29.1. The summed E-state index contributed by atoms with van der Waals surface area (Å²) in [6.45, 7) is 32.0. The van der Waals surface area contributed by atoms with Crippen LogP contribution in [-0.2, 0) is 154 Å².